The Morgan fingerprint density at radius 3 is 1.50 bits per heavy atom. The van der Waals surface area contributed by atoms with Gasteiger partial charge in [0.2, 0.25) is 23.6 Å². The molecule has 0 saturated heterocycles. The number of aromatic hydroxyl groups is 1. The topological polar surface area (TPSA) is 339 Å². The van der Waals surface area contributed by atoms with Crippen LogP contribution < -0.4 is 37.2 Å². The number of aliphatic carboxylic acids is 4. The molecule has 6 amide bonds. The van der Waals surface area contributed by atoms with Gasteiger partial charge in [0.25, 0.3) is 0 Å². The van der Waals surface area contributed by atoms with Crippen molar-refractivity contribution < 1.29 is 68.7 Å². The van der Waals surface area contributed by atoms with E-state index in [-0.39, 0.29) is 62.6 Å². The Morgan fingerprint density at radius 1 is 0.515 bits per heavy atom. The smallest absolute Gasteiger partial charge is 0.326 e. The van der Waals surface area contributed by atoms with E-state index in [1.54, 1.807) is 37.3 Å². The molecule has 0 aromatic heterocycles. The highest BCUT2D eigenvalue weighted by molar-refractivity contribution is 5.92. The summed E-state index contributed by atoms with van der Waals surface area (Å²) in [7, 11) is 0. The average Bonchev–Trinajstić information content (AvgIpc) is 3.28. The fraction of sp³-hybridized carbons (Fsp3) is 0.553. The van der Waals surface area contributed by atoms with Crippen molar-refractivity contribution in [3.63, 3.8) is 0 Å². The third kappa shape index (κ3) is 24.1. The second-order valence-corrected chi connectivity index (χ2v) is 16.5. The van der Waals surface area contributed by atoms with E-state index in [1.165, 1.54) is 0 Å². The number of nitrogens with one attached hydrogen (secondary N) is 7. The molecule has 21 heteroatoms. The minimum atomic E-state index is -1.51. The van der Waals surface area contributed by atoms with Crippen molar-refractivity contribution in [2.45, 2.75) is 147 Å². The molecule has 2 aromatic carbocycles. The summed E-state index contributed by atoms with van der Waals surface area (Å²) in [6.45, 7) is 4.66. The molecule has 0 heterocycles. The number of likely N-dealkylation sites (N-methyl/N-ethyl adjacent to an activating group) is 1. The zero-order chi connectivity index (χ0) is 50.4. The molecule has 0 spiro atoms. The van der Waals surface area contributed by atoms with Gasteiger partial charge >= 0.3 is 29.9 Å². The van der Waals surface area contributed by atoms with Gasteiger partial charge < -0.3 is 62.8 Å². The van der Waals surface area contributed by atoms with Crippen molar-refractivity contribution in [3.05, 3.63) is 65.2 Å². The van der Waals surface area contributed by atoms with E-state index in [0.717, 1.165) is 11.1 Å². The highest BCUT2D eigenvalue weighted by atomic mass is 16.4. The van der Waals surface area contributed by atoms with Crippen molar-refractivity contribution in [1.29, 1.82) is 0 Å². The molecule has 0 saturated carbocycles. The molecule has 0 aliphatic heterocycles. The van der Waals surface area contributed by atoms with Crippen molar-refractivity contribution in [2.24, 2.45) is 0 Å². The first-order chi connectivity index (χ1) is 32.4. The van der Waals surface area contributed by atoms with E-state index in [4.69, 9.17) is 5.11 Å². The van der Waals surface area contributed by atoms with Crippen LogP contribution in [-0.2, 0) is 51.2 Å². The number of hydrogen-bond acceptors (Lipinski definition) is 11. The van der Waals surface area contributed by atoms with E-state index >= 15 is 0 Å². The van der Waals surface area contributed by atoms with Crippen molar-refractivity contribution in [3.8, 4) is 5.75 Å². The Bertz CT molecular complexity index is 1970. The molecular formula is C47H69N7O14. The van der Waals surface area contributed by atoms with Gasteiger partial charge in [0.15, 0.2) is 0 Å². The van der Waals surface area contributed by atoms with Gasteiger partial charge in [-0.15, -0.1) is 0 Å². The van der Waals surface area contributed by atoms with Crippen LogP contribution >= 0.6 is 0 Å². The fourth-order valence-electron chi connectivity index (χ4n) is 7.09. The number of carbonyl (C=O) groups is 9. The summed E-state index contributed by atoms with van der Waals surface area (Å²) in [5, 5.41) is 65.6. The summed E-state index contributed by atoms with van der Waals surface area (Å²) in [5.41, 5.74) is 2.24. The van der Waals surface area contributed by atoms with Gasteiger partial charge in [0.1, 0.15) is 29.9 Å². The Kier molecular flexibility index (Phi) is 27.0. The zero-order valence-corrected chi connectivity index (χ0v) is 38.9. The summed E-state index contributed by atoms with van der Waals surface area (Å²) >= 11 is 0. The Labute approximate surface area is 396 Å². The monoisotopic (exact) mass is 955 g/mol. The van der Waals surface area contributed by atoms with Crippen LogP contribution in [0.3, 0.4) is 0 Å². The van der Waals surface area contributed by atoms with Crippen molar-refractivity contribution in [2.75, 3.05) is 19.6 Å². The molecule has 21 nitrogen and oxygen atoms in total. The van der Waals surface area contributed by atoms with Gasteiger partial charge in [-0.25, -0.2) is 19.2 Å². The van der Waals surface area contributed by atoms with Crippen LogP contribution in [0.1, 0.15) is 114 Å². The predicted molar refractivity (Wildman–Crippen MR) is 248 cm³/mol. The van der Waals surface area contributed by atoms with E-state index < -0.39 is 78.4 Å². The van der Waals surface area contributed by atoms with Crippen LogP contribution in [0.15, 0.2) is 48.5 Å². The largest absolute Gasteiger partial charge is 0.508 e. The summed E-state index contributed by atoms with van der Waals surface area (Å²) < 4.78 is 0. The molecule has 0 bridgehead atoms. The second-order valence-electron chi connectivity index (χ2n) is 16.5. The lowest BCUT2D eigenvalue weighted by Crippen LogP contribution is -2.56. The summed E-state index contributed by atoms with van der Waals surface area (Å²) in [4.78, 5) is 110. The summed E-state index contributed by atoms with van der Waals surface area (Å²) in [5.74, 6) is -6.57. The molecular weight excluding hydrogens is 887 g/mol. The average molecular weight is 956 g/mol. The molecule has 68 heavy (non-hydrogen) atoms. The number of benzene rings is 2. The highest BCUT2D eigenvalue weighted by Gasteiger charge is 2.30. The first-order valence-corrected chi connectivity index (χ1v) is 23.1. The maximum Gasteiger partial charge on any atom is 0.326 e. The number of aryl methyl sites for hydroxylation is 1. The summed E-state index contributed by atoms with van der Waals surface area (Å²) in [6.07, 6.45) is 4.37. The third-order valence-corrected chi connectivity index (χ3v) is 10.9. The number of amides is 6. The van der Waals surface area contributed by atoms with Crippen LogP contribution in [0.25, 0.3) is 0 Å². The maximum atomic E-state index is 13.6. The molecule has 5 atom stereocenters. The SMILES string of the molecule is CCNC(Cc1ccc(O)c(C)c1)C(=O)NC(Cc1ccccc1)C(=O)NC(CCCCNC(=O)CCCCCCC(=O)NCCCCC(NC(=O)NC(CCC(=O)O)C(=O)O)C(=O)O)C(=O)O. The normalized spacial score (nSPS) is 13.1. The number of unbranched alkanes of at least 4 members (excludes halogenated alkanes) is 5. The lowest BCUT2D eigenvalue weighted by molar-refractivity contribution is -0.142. The molecule has 0 aliphatic carbocycles. The van der Waals surface area contributed by atoms with Crippen molar-refractivity contribution >= 4 is 53.5 Å². The number of urea groups is 1. The Balaban J connectivity index is 1.68. The first kappa shape index (κ1) is 57.4. The number of carboxylic acid groups (broad SMARTS) is 4. The number of rotatable bonds is 35. The number of phenols is 1. The molecule has 0 radical (unpaired) electrons. The van der Waals surface area contributed by atoms with Crippen molar-refractivity contribution in [1.82, 2.24) is 37.2 Å². The fourth-order valence-corrected chi connectivity index (χ4v) is 7.09. The predicted octanol–water partition coefficient (Wildman–Crippen LogP) is 2.50. The molecule has 376 valence electrons. The van der Waals surface area contributed by atoms with Crippen LogP contribution in [0, 0.1) is 6.92 Å². The first-order valence-electron chi connectivity index (χ1n) is 23.1. The Hall–Kier alpha value is -6.77. The molecule has 5 unspecified atom stereocenters. The molecule has 2 rings (SSSR count). The minimum absolute atomic E-state index is 0.00738. The molecule has 0 aliphatic rings. The van der Waals surface area contributed by atoms with Gasteiger partial charge in [-0.2, -0.15) is 0 Å². The number of carboxylic acids is 4. The van der Waals surface area contributed by atoms with E-state index in [2.05, 4.69) is 37.2 Å². The third-order valence-electron chi connectivity index (χ3n) is 10.9. The van der Waals surface area contributed by atoms with E-state index in [9.17, 15) is 63.6 Å². The lowest BCUT2D eigenvalue weighted by atomic mass is 10.0. The van der Waals surface area contributed by atoms with Crippen LogP contribution in [-0.4, -0.2) is 129 Å². The van der Waals surface area contributed by atoms with Gasteiger partial charge in [0.05, 0.1) is 6.04 Å². The van der Waals surface area contributed by atoms with Crippen LogP contribution in [0.2, 0.25) is 0 Å². The zero-order valence-electron chi connectivity index (χ0n) is 38.9. The van der Waals surface area contributed by atoms with Gasteiger partial charge in [0, 0.05) is 38.8 Å². The minimum Gasteiger partial charge on any atom is -0.508 e. The number of hydrogen-bond donors (Lipinski definition) is 12. The maximum absolute atomic E-state index is 13.6. The summed E-state index contributed by atoms with van der Waals surface area (Å²) in [6, 6.07) is 7.21. The second kappa shape index (κ2) is 32.0. The quantitative estimate of drug-likeness (QED) is 0.0442. The molecule has 2 aromatic rings. The van der Waals surface area contributed by atoms with Crippen LogP contribution in [0.5, 0.6) is 5.75 Å². The van der Waals surface area contributed by atoms with Crippen LogP contribution in [0.4, 0.5) is 4.79 Å². The van der Waals surface area contributed by atoms with Gasteiger partial charge in [-0.1, -0.05) is 62.2 Å². The molecule has 0 fully saturated rings. The van der Waals surface area contributed by atoms with E-state index in [1.807, 2.05) is 25.1 Å². The highest BCUT2D eigenvalue weighted by Crippen LogP contribution is 2.18. The van der Waals surface area contributed by atoms with E-state index in [0.29, 0.717) is 76.4 Å². The lowest BCUT2D eigenvalue weighted by Gasteiger charge is -2.25. The molecule has 12 N–H and O–H groups in total. The number of carbonyl (C=O) groups excluding carboxylic acids is 5. The van der Waals surface area contributed by atoms with Gasteiger partial charge in [-0.05, 0) is 100 Å². The standard InChI is InChI=1S/C47H69N7O14/c1-3-48-36(29-32-21-23-38(55)30(2)27-32)42(60)52-37(28-31-15-7-6-8-16-31)43(61)51-33(44(62)63)17-11-13-25-49-39(56)19-9-4-5-10-20-40(57)50-26-14-12-18-34(45(64)65)53-47(68)54-35(46(66)67)22-24-41(58)59/h6-8,15-16,21,23,27,33-37,48,55H,3-5,9-14,17-20,22,24-26,28-29H2,1-2H3,(H,49,56)(H,50,57)(H,51,61)(H,52,60)(H,58,59)(H,62,63)(H,64,65)(H,66,67)(H2,53,54,68). The van der Waals surface area contributed by atoms with Gasteiger partial charge in [-0.3, -0.25) is 24.0 Å². The Morgan fingerprint density at radius 2 is 1.00 bits per heavy atom. The number of phenolic OH excluding ortho intramolecular Hbond substituents is 1.